The minimum Gasteiger partial charge on any atom is -0.480 e. The second-order valence-corrected chi connectivity index (χ2v) is 6.43. The van der Waals surface area contributed by atoms with Crippen LogP contribution in [0.3, 0.4) is 0 Å². The van der Waals surface area contributed by atoms with Crippen LogP contribution in [-0.4, -0.2) is 40.6 Å². The number of ketones is 1. The van der Waals surface area contributed by atoms with Crippen LogP contribution in [0.5, 0.6) is 0 Å². The molecule has 8 heteroatoms. The Morgan fingerprint density at radius 1 is 1.07 bits per heavy atom. The van der Waals surface area contributed by atoms with Gasteiger partial charge in [-0.1, -0.05) is 54.6 Å². The van der Waals surface area contributed by atoms with Gasteiger partial charge in [-0.25, -0.2) is 4.79 Å². The number of hydrogen-bond donors (Lipinski definition) is 5. The lowest BCUT2D eigenvalue weighted by molar-refractivity contribution is -0.149. The minimum atomic E-state index is -2.40. The zero-order valence-corrected chi connectivity index (χ0v) is 15.0. The van der Waals surface area contributed by atoms with Crippen LogP contribution >= 0.6 is 0 Å². The molecule has 0 saturated heterocycles. The molecule has 0 aliphatic rings. The molecule has 8 N–H and O–H groups in total. The molecule has 2 rings (SSSR count). The van der Waals surface area contributed by atoms with Crippen molar-refractivity contribution < 1.29 is 19.5 Å². The molecule has 0 spiro atoms. The fourth-order valence-electron chi connectivity index (χ4n) is 3.11. The van der Waals surface area contributed by atoms with Gasteiger partial charge in [0.05, 0.1) is 6.04 Å². The molecular weight excluding hydrogens is 360 g/mol. The lowest BCUT2D eigenvalue weighted by atomic mass is 9.71. The molecule has 0 saturated carbocycles. The Kier molecular flexibility index (Phi) is 6.40. The van der Waals surface area contributed by atoms with Crippen LogP contribution in [0, 0.1) is 5.41 Å². The van der Waals surface area contributed by atoms with Crippen LogP contribution in [-0.2, 0) is 14.4 Å². The van der Waals surface area contributed by atoms with Gasteiger partial charge in [-0.15, -0.1) is 0 Å². The molecule has 3 unspecified atom stereocenters. The van der Waals surface area contributed by atoms with Crippen molar-refractivity contribution in [3.05, 3.63) is 71.3 Å². The van der Waals surface area contributed by atoms with Crippen LogP contribution in [0.4, 0.5) is 0 Å². The summed E-state index contributed by atoms with van der Waals surface area (Å²) in [7, 11) is 0. The molecule has 0 aliphatic carbocycles. The number of carboxylic acids is 1. The first-order valence-electron chi connectivity index (χ1n) is 8.48. The summed E-state index contributed by atoms with van der Waals surface area (Å²) in [5, 5.41) is 17.4. The van der Waals surface area contributed by atoms with Crippen LogP contribution in [0.15, 0.2) is 54.6 Å². The monoisotopic (exact) mass is 382 g/mol. The summed E-state index contributed by atoms with van der Waals surface area (Å²) in [6.45, 7) is 0. The van der Waals surface area contributed by atoms with Crippen molar-refractivity contribution in [2.45, 2.75) is 23.9 Å². The van der Waals surface area contributed by atoms with E-state index in [2.05, 4.69) is 0 Å². The van der Waals surface area contributed by atoms with Gasteiger partial charge in [0.15, 0.2) is 11.3 Å². The van der Waals surface area contributed by atoms with Crippen molar-refractivity contribution in [3.8, 4) is 0 Å². The number of hydrogen-bond acceptors (Lipinski definition) is 6. The first-order valence-corrected chi connectivity index (χ1v) is 8.48. The Hall–Kier alpha value is -3.36. The average Bonchev–Trinajstić information content (AvgIpc) is 2.68. The molecule has 0 amide bonds. The number of amidine groups is 1. The lowest BCUT2D eigenvalue weighted by Crippen LogP contribution is -2.63. The van der Waals surface area contributed by atoms with Crippen LogP contribution in [0.25, 0.3) is 0 Å². The lowest BCUT2D eigenvalue weighted by Gasteiger charge is -2.34. The van der Waals surface area contributed by atoms with E-state index in [1.165, 1.54) is 0 Å². The number of aldehydes is 1. The highest BCUT2D eigenvalue weighted by Gasteiger charge is 2.51. The summed E-state index contributed by atoms with van der Waals surface area (Å²) < 4.78 is 0. The fourth-order valence-corrected chi connectivity index (χ4v) is 3.11. The molecule has 3 atom stereocenters. The molecule has 28 heavy (non-hydrogen) atoms. The van der Waals surface area contributed by atoms with Gasteiger partial charge in [0.25, 0.3) is 0 Å². The quantitative estimate of drug-likeness (QED) is 0.180. The van der Waals surface area contributed by atoms with E-state index in [9.17, 15) is 19.5 Å². The maximum absolute atomic E-state index is 12.9. The van der Waals surface area contributed by atoms with Crippen molar-refractivity contribution in [3.63, 3.8) is 0 Å². The molecule has 0 heterocycles. The van der Waals surface area contributed by atoms with Gasteiger partial charge in [-0.3, -0.25) is 10.2 Å². The number of Topliss-reactive ketones (excluding diaryl/α,β-unsaturated/α-hetero) is 1. The van der Waals surface area contributed by atoms with Gasteiger partial charge in [0.1, 0.15) is 12.1 Å². The zero-order chi connectivity index (χ0) is 20.9. The molecule has 8 nitrogen and oxygen atoms in total. The standard InChI is InChI=1S/C20H22N4O4/c21-15(10-11-25)17(26)20(24,19(27)28)16(12-4-2-1-3-5-12)13-6-8-14(9-7-13)18(22)23/h1-9,11,15-16H,10,21,24H2,(H3,22,23)(H,27,28). The number of rotatable bonds is 9. The number of carbonyl (C=O) groups is 3. The molecule has 146 valence electrons. The van der Waals surface area contributed by atoms with Gasteiger partial charge >= 0.3 is 5.97 Å². The number of carbonyl (C=O) groups excluding carboxylic acids is 2. The number of aliphatic carboxylic acids is 1. The van der Waals surface area contributed by atoms with E-state index in [4.69, 9.17) is 22.6 Å². The highest BCUT2D eigenvalue weighted by atomic mass is 16.4. The van der Waals surface area contributed by atoms with Crippen LogP contribution in [0.1, 0.15) is 29.0 Å². The number of benzene rings is 2. The maximum Gasteiger partial charge on any atom is 0.332 e. The van der Waals surface area contributed by atoms with Crippen molar-refractivity contribution in [1.29, 1.82) is 5.41 Å². The van der Waals surface area contributed by atoms with E-state index in [0.29, 0.717) is 23.0 Å². The summed E-state index contributed by atoms with van der Waals surface area (Å²) in [6, 6.07) is 13.3. The number of carboxylic acid groups (broad SMARTS) is 1. The SMILES string of the molecule is N=C(N)c1ccc(C(c2ccccc2)C(N)(C(=O)O)C(=O)C(N)CC=O)cc1. The van der Waals surface area contributed by atoms with Crippen molar-refractivity contribution in [2.75, 3.05) is 0 Å². The smallest absolute Gasteiger partial charge is 0.332 e. The highest BCUT2D eigenvalue weighted by Crippen LogP contribution is 2.35. The van der Waals surface area contributed by atoms with Crippen LogP contribution < -0.4 is 17.2 Å². The average molecular weight is 382 g/mol. The summed E-state index contributed by atoms with van der Waals surface area (Å²) in [5.41, 5.74) is 16.4. The van der Waals surface area contributed by atoms with Gasteiger partial charge in [0, 0.05) is 17.9 Å². The third-order valence-corrected chi connectivity index (χ3v) is 4.59. The van der Waals surface area contributed by atoms with Gasteiger partial charge in [0.2, 0.25) is 0 Å². The fraction of sp³-hybridized carbons (Fsp3) is 0.200. The molecule has 0 aliphatic heterocycles. The first kappa shape index (κ1) is 20.9. The minimum absolute atomic E-state index is 0.149. The number of nitrogen functional groups attached to an aromatic ring is 1. The Labute approximate surface area is 161 Å². The Balaban J connectivity index is 2.67. The predicted molar refractivity (Wildman–Crippen MR) is 104 cm³/mol. The molecule has 2 aromatic carbocycles. The van der Waals surface area contributed by atoms with Crippen molar-refractivity contribution in [2.24, 2.45) is 17.2 Å². The van der Waals surface area contributed by atoms with E-state index >= 15 is 0 Å². The summed E-state index contributed by atoms with van der Waals surface area (Å²) >= 11 is 0. The second-order valence-electron chi connectivity index (χ2n) is 6.43. The van der Waals surface area contributed by atoms with E-state index in [-0.39, 0.29) is 12.3 Å². The van der Waals surface area contributed by atoms with E-state index in [0.717, 1.165) is 0 Å². The molecule has 0 fully saturated rings. The van der Waals surface area contributed by atoms with Gasteiger partial charge in [-0.05, 0) is 11.1 Å². The van der Waals surface area contributed by atoms with E-state index in [1.54, 1.807) is 54.6 Å². The molecule has 0 bridgehead atoms. The van der Waals surface area contributed by atoms with Crippen molar-refractivity contribution in [1.82, 2.24) is 0 Å². The van der Waals surface area contributed by atoms with Crippen LogP contribution in [0.2, 0.25) is 0 Å². The maximum atomic E-state index is 12.9. The number of nitrogens with one attached hydrogen (secondary N) is 1. The van der Waals surface area contributed by atoms with E-state index in [1.807, 2.05) is 0 Å². The first-order chi connectivity index (χ1) is 13.2. The Morgan fingerprint density at radius 3 is 2.07 bits per heavy atom. The topological polar surface area (TPSA) is 173 Å². The third-order valence-electron chi connectivity index (χ3n) is 4.59. The highest BCUT2D eigenvalue weighted by molar-refractivity contribution is 6.12. The normalized spacial score (nSPS) is 15.1. The molecule has 2 aromatic rings. The summed E-state index contributed by atoms with van der Waals surface area (Å²) in [5.74, 6) is -3.72. The zero-order valence-electron chi connectivity index (χ0n) is 15.0. The predicted octanol–water partition coefficient (Wildman–Crippen LogP) is 0.370. The van der Waals surface area contributed by atoms with E-state index < -0.39 is 29.3 Å². The number of nitrogens with two attached hydrogens (primary N) is 3. The summed E-state index contributed by atoms with van der Waals surface area (Å²) in [4.78, 5) is 35.9. The molecule has 0 aromatic heterocycles. The van der Waals surface area contributed by atoms with Gasteiger partial charge < -0.3 is 27.1 Å². The Morgan fingerprint density at radius 2 is 1.61 bits per heavy atom. The van der Waals surface area contributed by atoms with Gasteiger partial charge in [-0.2, -0.15) is 0 Å². The largest absolute Gasteiger partial charge is 0.480 e. The third kappa shape index (κ3) is 3.98. The van der Waals surface area contributed by atoms with Crippen molar-refractivity contribution >= 4 is 23.9 Å². The molecular formula is C20H22N4O4. The second kappa shape index (κ2) is 8.55. The summed E-state index contributed by atoms with van der Waals surface area (Å²) in [6.07, 6.45) is 0.111. The molecule has 0 radical (unpaired) electrons. The Bertz CT molecular complexity index is 883.